The molecule has 0 spiro atoms. The van der Waals surface area contributed by atoms with Crippen molar-refractivity contribution in [2.45, 2.75) is 32.7 Å². The molecule has 128 valence electrons. The lowest BCUT2D eigenvalue weighted by Gasteiger charge is -2.21. The van der Waals surface area contributed by atoms with Gasteiger partial charge >= 0.3 is 0 Å². The van der Waals surface area contributed by atoms with Crippen LogP contribution >= 0.6 is 0 Å². The molecule has 0 radical (unpaired) electrons. The summed E-state index contributed by atoms with van der Waals surface area (Å²) in [4.78, 5) is 11.3. The highest BCUT2D eigenvalue weighted by Gasteiger charge is 2.33. The van der Waals surface area contributed by atoms with Crippen LogP contribution < -0.4 is 4.74 Å². The molecule has 0 saturated carbocycles. The van der Waals surface area contributed by atoms with E-state index in [4.69, 9.17) is 9.47 Å². The van der Waals surface area contributed by atoms with Crippen molar-refractivity contribution in [3.05, 3.63) is 47.3 Å². The van der Waals surface area contributed by atoms with Gasteiger partial charge in [-0.25, -0.2) is 0 Å². The zero-order valence-electron chi connectivity index (χ0n) is 14.4. The minimum Gasteiger partial charge on any atom is -0.492 e. The standard InChI is InChI=1S/C19H24N2O3/c1-13(2)21-18(7-8-20-21)17-12-23-10-15(17)11-24-19-6-4-5-14(3)16(19)9-22/h4-9,13,15,17H,10-12H2,1-3H3/t15-,17-/m0/s1. The van der Waals surface area contributed by atoms with Gasteiger partial charge < -0.3 is 9.47 Å². The van der Waals surface area contributed by atoms with Crippen LogP contribution in [0.2, 0.25) is 0 Å². The van der Waals surface area contributed by atoms with Gasteiger partial charge in [0.05, 0.1) is 25.4 Å². The topological polar surface area (TPSA) is 53.4 Å². The van der Waals surface area contributed by atoms with E-state index in [1.54, 1.807) is 0 Å². The first-order valence-corrected chi connectivity index (χ1v) is 8.40. The fraction of sp³-hybridized carbons (Fsp3) is 0.474. The summed E-state index contributed by atoms with van der Waals surface area (Å²) in [7, 11) is 0. The van der Waals surface area contributed by atoms with Crippen LogP contribution in [0.4, 0.5) is 0 Å². The summed E-state index contributed by atoms with van der Waals surface area (Å²) in [6.45, 7) is 8.04. The van der Waals surface area contributed by atoms with Gasteiger partial charge in [0.25, 0.3) is 0 Å². The highest BCUT2D eigenvalue weighted by atomic mass is 16.5. The Bertz CT molecular complexity index is 708. The number of benzene rings is 1. The molecule has 5 heteroatoms. The van der Waals surface area contributed by atoms with Gasteiger partial charge in [0.15, 0.2) is 6.29 Å². The van der Waals surface area contributed by atoms with Crippen molar-refractivity contribution in [2.24, 2.45) is 5.92 Å². The minimum absolute atomic E-state index is 0.249. The lowest BCUT2D eigenvalue weighted by atomic mass is 9.93. The summed E-state index contributed by atoms with van der Waals surface area (Å²) in [5, 5.41) is 4.43. The average Bonchev–Trinajstić information content (AvgIpc) is 3.21. The number of aldehydes is 1. The second-order valence-corrected chi connectivity index (χ2v) is 6.61. The molecule has 0 unspecified atom stereocenters. The Morgan fingerprint density at radius 2 is 2.21 bits per heavy atom. The van der Waals surface area contributed by atoms with Crippen molar-refractivity contribution in [1.82, 2.24) is 9.78 Å². The number of rotatable bonds is 6. The molecule has 0 bridgehead atoms. The van der Waals surface area contributed by atoms with Crippen LogP contribution in [0.3, 0.4) is 0 Å². The summed E-state index contributed by atoms with van der Waals surface area (Å²) in [6.07, 6.45) is 2.71. The number of nitrogens with zero attached hydrogens (tertiary/aromatic N) is 2. The molecule has 2 atom stereocenters. The quantitative estimate of drug-likeness (QED) is 0.763. The van der Waals surface area contributed by atoms with Crippen molar-refractivity contribution >= 4 is 6.29 Å². The van der Waals surface area contributed by atoms with Crippen molar-refractivity contribution in [3.63, 3.8) is 0 Å². The third-order valence-corrected chi connectivity index (χ3v) is 4.62. The lowest BCUT2D eigenvalue weighted by molar-refractivity contribution is 0.111. The number of aromatic nitrogens is 2. The second kappa shape index (κ2) is 7.18. The molecule has 0 N–H and O–H groups in total. The molecule has 1 fully saturated rings. The maximum Gasteiger partial charge on any atom is 0.154 e. The Labute approximate surface area is 142 Å². The van der Waals surface area contributed by atoms with Gasteiger partial charge in [0.1, 0.15) is 5.75 Å². The summed E-state index contributed by atoms with van der Waals surface area (Å²) in [5.74, 6) is 1.16. The smallest absolute Gasteiger partial charge is 0.154 e. The van der Waals surface area contributed by atoms with Gasteiger partial charge in [-0.05, 0) is 38.5 Å². The van der Waals surface area contributed by atoms with E-state index in [9.17, 15) is 4.79 Å². The van der Waals surface area contributed by atoms with Gasteiger partial charge in [-0.15, -0.1) is 0 Å². The largest absolute Gasteiger partial charge is 0.492 e. The summed E-state index contributed by atoms with van der Waals surface area (Å²) >= 11 is 0. The van der Waals surface area contributed by atoms with Crippen molar-refractivity contribution in [2.75, 3.05) is 19.8 Å². The molecule has 5 nitrogen and oxygen atoms in total. The Kier molecular flexibility index (Phi) is 5.00. The van der Waals surface area contributed by atoms with E-state index in [1.165, 1.54) is 5.69 Å². The minimum atomic E-state index is 0.249. The van der Waals surface area contributed by atoms with E-state index in [2.05, 4.69) is 29.7 Å². The molecular formula is C19H24N2O3. The van der Waals surface area contributed by atoms with E-state index in [0.29, 0.717) is 37.2 Å². The summed E-state index contributed by atoms with van der Waals surface area (Å²) in [5.41, 5.74) is 2.75. The van der Waals surface area contributed by atoms with Gasteiger partial charge in [-0.2, -0.15) is 5.10 Å². The lowest BCUT2D eigenvalue weighted by Crippen LogP contribution is -2.22. The number of aryl methyl sites for hydroxylation is 1. The van der Waals surface area contributed by atoms with Gasteiger partial charge in [0.2, 0.25) is 0 Å². The van der Waals surface area contributed by atoms with Crippen LogP contribution in [0, 0.1) is 12.8 Å². The van der Waals surface area contributed by atoms with Gasteiger partial charge in [-0.1, -0.05) is 12.1 Å². The highest BCUT2D eigenvalue weighted by Crippen LogP contribution is 2.33. The zero-order valence-corrected chi connectivity index (χ0v) is 14.4. The van der Waals surface area contributed by atoms with E-state index in [-0.39, 0.29) is 11.8 Å². The third-order valence-electron chi connectivity index (χ3n) is 4.62. The van der Waals surface area contributed by atoms with Crippen LogP contribution in [-0.4, -0.2) is 35.9 Å². The fourth-order valence-electron chi connectivity index (χ4n) is 3.27. The Hall–Kier alpha value is -2.14. The maximum atomic E-state index is 11.3. The molecule has 3 rings (SSSR count). The fourth-order valence-corrected chi connectivity index (χ4v) is 3.27. The van der Waals surface area contributed by atoms with Crippen LogP contribution in [0.25, 0.3) is 0 Å². The van der Waals surface area contributed by atoms with Crippen LogP contribution in [0.15, 0.2) is 30.5 Å². The maximum absolute atomic E-state index is 11.3. The molecule has 2 aromatic rings. The van der Waals surface area contributed by atoms with Gasteiger partial charge in [-0.3, -0.25) is 9.48 Å². The van der Waals surface area contributed by atoms with E-state index in [0.717, 1.165) is 11.8 Å². The van der Waals surface area contributed by atoms with Gasteiger partial charge in [0, 0.05) is 29.8 Å². The monoisotopic (exact) mass is 328 g/mol. The third kappa shape index (κ3) is 3.22. The highest BCUT2D eigenvalue weighted by molar-refractivity contribution is 5.81. The first-order chi connectivity index (χ1) is 11.6. The summed E-state index contributed by atoms with van der Waals surface area (Å²) in [6, 6.07) is 8.05. The molecule has 0 aliphatic carbocycles. The zero-order chi connectivity index (χ0) is 17.1. The Morgan fingerprint density at radius 1 is 1.38 bits per heavy atom. The van der Waals surface area contributed by atoms with E-state index >= 15 is 0 Å². The Morgan fingerprint density at radius 3 is 2.96 bits per heavy atom. The number of ether oxygens (including phenoxy) is 2. The number of hydrogen-bond acceptors (Lipinski definition) is 4. The number of carbonyl (C=O) groups is 1. The molecular weight excluding hydrogens is 304 g/mol. The van der Waals surface area contributed by atoms with Crippen molar-refractivity contribution in [1.29, 1.82) is 0 Å². The SMILES string of the molecule is Cc1cccc(OC[C@@H]2COC[C@@H]2c2ccnn2C(C)C)c1C=O. The van der Waals surface area contributed by atoms with E-state index in [1.807, 2.05) is 31.3 Å². The van der Waals surface area contributed by atoms with Crippen LogP contribution in [0.5, 0.6) is 5.75 Å². The first-order valence-electron chi connectivity index (χ1n) is 8.40. The molecule has 1 saturated heterocycles. The molecule has 2 heterocycles. The molecule has 24 heavy (non-hydrogen) atoms. The molecule has 1 aliphatic rings. The van der Waals surface area contributed by atoms with Crippen molar-refractivity contribution < 1.29 is 14.3 Å². The second-order valence-electron chi connectivity index (χ2n) is 6.61. The van der Waals surface area contributed by atoms with E-state index < -0.39 is 0 Å². The average molecular weight is 328 g/mol. The Balaban J connectivity index is 1.74. The molecule has 0 amide bonds. The van der Waals surface area contributed by atoms with Crippen molar-refractivity contribution in [3.8, 4) is 5.75 Å². The van der Waals surface area contributed by atoms with Crippen LogP contribution in [0.1, 0.15) is 47.4 Å². The summed E-state index contributed by atoms with van der Waals surface area (Å²) < 4.78 is 13.7. The molecule has 1 aliphatic heterocycles. The normalized spacial score (nSPS) is 20.5. The molecule has 1 aromatic heterocycles. The number of carbonyl (C=O) groups excluding carboxylic acids is 1. The molecule has 1 aromatic carbocycles. The number of hydrogen-bond donors (Lipinski definition) is 0. The van der Waals surface area contributed by atoms with Crippen LogP contribution in [-0.2, 0) is 4.74 Å². The first kappa shape index (κ1) is 16.7. The predicted molar refractivity (Wildman–Crippen MR) is 91.7 cm³/mol. The predicted octanol–water partition coefficient (Wildman–Crippen LogP) is 3.39.